The predicted molar refractivity (Wildman–Crippen MR) is 146 cm³/mol. The summed E-state index contributed by atoms with van der Waals surface area (Å²) in [7, 11) is -4.14. The molecule has 1 aromatic heterocycles. The van der Waals surface area contributed by atoms with Crippen molar-refractivity contribution in [2.75, 3.05) is 6.79 Å². The summed E-state index contributed by atoms with van der Waals surface area (Å²) in [5.41, 5.74) is 0.775. The number of aromatic nitrogens is 1. The van der Waals surface area contributed by atoms with Crippen LogP contribution < -0.4 is 9.46 Å². The highest BCUT2D eigenvalue weighted by Gasteiger charge is 2.29. The lowest BCUT2D eigenvalue weighted by molar-refractivity contribution is -0.174. The van der Waals surface area contributed by atoms with E-state index in [0.29, 0.717) is 17.1 Å². The number of hydrogen-bond donors (Lipinski definition) is 2. The molecule has 3 aromatic carbocycles. The van der Waals surface area contributed by atoms with Crippen LogP contribution in [-0.4, -0.2) is 38.2 Å². The molecule has 1 heterocycles. The van der Waals surface area contributed by atoms with Crippen LogP contribution in [0.4, 0.5) is 0 Å². The number of fused-ring (bicyclic) bond motifs is 1. The molecule has 4 rings (SSSR count). The molecule has 0 aliphatic rings. The van der Waals surface area contributed by atoms with Crippen molar-refractivity contribution in [1.82, 2.24) is 9.71 Å². The van der Waals surface area contributed by atoms with Crippen LogP contribution in [0.5, 0.6) is 11.5 Å². The third kappa shape index (κ3) is 7.24. The minimum atomic E-state index is -4.14. The Hall–Kier alpha value is -4.15. The second-order valence-corrected chi connectivity index (χ2v) is 11.6. The molecule has 0 saturated carbocycles. The third-order valence-electron chi connectivity index (χ3n) is 5.80. The number of carbonyl (C=O) groups excluding carboxylic acids is 2. The van der Waals surface area contributed by atoms with E-state index in [9.17, 15) is 18.0 Å². The summed E-state index contributed by atoms with van der Waals surface area (Å²) < 4.78 is 44.9. The van der Waals surface area contributed by atoms with Crippen LogP contribution in [0.1, 0.15) is 26.3 Å². The maximum absolute atomic E-state index is 13.3. The lowest BCUT2D eigenvalue weighted by Crippen LogP contribution is -2.43. The fourth-order valence-electron chi connectivity index (χ4n) is 3.72. The number of H-pyrrole nitrogens is 1. The molecule has 1 atom stereocenters. The van der Waals surface area contributed by atoms with Crippen LogP contribution in [0.2, 0.25) is 0 Å². The Morgan fingerprint density at radius 2 is 1.51 bits per heavy atom. The van der Waals surface area contributed by atoms with Gasteiger partial charge in [-0.1, -0.05) is 36.4 Å². The van der Waals surface area contributed by atoms with Crippen LogP contribution in [-0.2, 0) is 35.5 Å². The molecule has 1 unspecified atom stereocenters. The standard InChI is InChI=1S/C29H30N2O7S/c1-29(2,3)28(33)37-19-36-27(32)26(17-20-18-30-25-12-8-7-11-24(20)25)31-39(34,35)23-15-13-22(14-16-23)38-21-9-5-4-6-10-21/h4-16,18,26,30-31H,17,19H2,1-3H3. The van der Waals surface area contributed by atoms with E-state index in [1.54, 1.807) is 39.1 Å². The largest absolute Gasteiger partial charge is 0.457 e. The Bertz CT molecular complexity index is 1540. The molecule has 204 valence electrons. The van der Waals surface area contributed by atoms with E-state index < -0.39 is 40.2 Å². The second-order valence-electron chi connectivity index (χ2n) is 9.89. The first-order valence-electron chi connectivity index (χ1n) is 12.3. The van der Waals surface area contributed by atoms with E-state index in [0.717, 1.165) is 10.9 Å². The molecule has 4 aromatic rings. The van der Waals surface area contributed by atoms with Crippen LogP contribution in [0.25, 0.3) is 10.9 Å². The fourth-order valence-corrected chi connectivity index (χ4v) is 4.90. The first-order chi connectivity index (χ1) is 18.5. The molecule has 2 N–H and O–H groups in total. The van der Waals surface area contributed by atoms with Crippen molar-refractivity contribution in [2.24, 2.45) is 5.41 Å². The molecule has 9 nitrogen and oxygen atoms in total. The number of ether oxygens (including phenoxy) is 3. The summed E-state index contributed by atoms with van der Waals surface area (Å²) in [6.07, 6.45) is 1.72. The topological polar surface area (TPSA) is 124 Å². The van der Waals surface area contributed by atoms with Crippen LogP contribution >= 0.6 is 0 Å². The number of nitrogens with one attached hydrogen (secondary N) is 2. The first-order valence-corrected chi connectivity index (χ1v) is 13.8. The highest BCUT2D eigenvalue weighted by atomic mass is 32.2. The number of benzene rings is 3. The maximum atomic E-state index is 13.3. The number of carbonyl (C=O) groups is 2. The third-order valence-corrected chi connectivity index (χ3v) is 7.28. The van der Waals surface area contributed by atoms with Gasteiger partial charge in [-0.2, -0.15) is 4.72 Å². The molecular formula is C29H30N2O7S. The molecule has 0 fully saturated rings. The zero-order chi connectivity index (χ0) is 28.0. The molecule has 39 heavy (non-hydrogen) atoms. The van der Waals surface area contributed by atoms with Gasteiger partial charge in [-0.15, -0.1) is 0 Å². The lowest BCUT2D eigenvalue weighted by atomic mass is 9.98. The van der Waals surface area contributed by atoms with Crippen molar-refractivity contribution in [3.05, 3.63) is 90.6 Å². The van der Waals surface area contributed by atoms with Gasteiger partial charge in [0.05, 0.1) is 10.3 Å². The summed E-state index contributed by atoms with van der Waals surface area (Å²) >= 11 is 0. The zero-order valence-electron chi connectivity index (χ0n) is 21.8. The van der Waals surface area contributed by atoms with Crippen molar-refractivity contribution in [1.29, 1.82) is 0 Å². The molecule has 0 aliphatic carbocycles. The average molecular weight is 551 g/mol. The SMILES string of the molecule is CC(C)(C)C(=O)OCOC(=O)C(Cc1c[nH]c2ccccc12)NS(=O)(=O)c1ccc(Oc2ccccc2)cc1. The van der Waals surface area contributed by atoms with Crippen molar-refractivity contribution < 1.29 is 32.2 Å². The Morgan fingerprint density at radius 1 is 0.872 bits per heavy atom. The minimum absolute atomic E-state index is 0.00446. The summed E-state index contributed by atoms with van der Waals surface area (Å²) in [6.45, 7) is 4.37. The quantitative estimate of drug-likeness (QED) is 0.212. The normalized spacial score (nSPS) is 12.6. The van der Waals surface area contributed by atoms with E-state index >= 15 is 0 Å². The Balaban J connectivity index is 1.51. The highest BCUT2D eigenvalue weighted by Crippen LogP contribution is 2.24. The second kappa shape index (κ2) is 11.7. The Morgan fingerprint density at radius 3 is 2.21 bits per heavy atom. The average Bonchev–Trinajstić information content (AvgIpc) is 3.31. The first kappa shape index (κ1) is 27.9. The summed E-state index contributed by atoms with van der Waals surface area (Å²) in [4.78, 5) is 28.1. The predicted octanol–water partition coefficient (Wildman–Crippen LogP) is 4.94. The molecule has 0 bridgehead atoms. The monoisotopic (exact) mass is 550 g/mol. The number of esters is 2. The van der Waals surface area contributed by atoms with E-state index in [4.69, 9.17) is 14.2 Å². The minimum Gasteiger partial charge on any atom is -0.457 e. The smallest absolute Gasteiger partial charge is 0.327 e. The molecule has 0 radical (unpaired) electrons. The highest BCUT2D eigenvalue weighted by molar-refractivity contribution is 7.89. The van der Waals surface area contributed by atoms with Gasteiger partial charge in [0.1, 0.15) is 17.5 Å². The molecule has 0 spiro atoms. The van der Waals surface area contributed by atoms with E-state index in [2.05, 4.69) is 9.71 Å². The van der Waals surface area contributed by atoms with Gasteiger partial charge in [-0.05, 0) is 68.8 Å². The van der Waals surface area contributed by atoms with Crippen molar-refractivity contribution in [3.63, 3.8) is 0 Å². The lowest BCUT2D eigenvalue weighted by Gasteiger charge is -2.19. The summed E-state index contributed by atoms with van der Waals surface area (Å²) in [6, 6.07) is 21.1. The molecule has 10 heteroatoms. The van der Waals surface area contributed by atoms with Gasteiger partial charge in [0.15, 0.2) is 0 Å². The number of para-hydroxylation sites is 2. The number of rotatable bonds is 10. The summed E-state index contributed by atoms with van der Waals surface area (Å²) in [5.74, 6) is -0.369. The van der Waals surface area contributed by atoms with Crippen LogP contribution in [0.3, 0.4) is 0 Å². The van der Waals surface area contributed by atoms with Crippen molar-refractivity contribution >= 4 is 32.9 Å². The van der Waals surface area contributed by atoms with Gasteiger partial charge in [-0.25, -0.2) is 8.42 Å². The number of sulfonamides is 1. The van der Waals surface area contributed by atoms with Gasteiger partial charge >= 0.3 is 11.9 Å². The van der Waals surface area contributed by atoms with Gasteiger partial charge in [0.2, 0.25) is 16.8 Å². The number of hydrogen-bond acceptors (Lipinski definition) is 7. The van der Waals surface area contributed by atoms with Gasteiger partial charge in [0, 0.05) is 23.5 Å². The van der Waals surface area contributed by atoms with Gasteiger partial charge in [0.25, 0.3) is 0 Å². The summed E-state index contributed by atoms with van der Waals surface area (Å²) in [5, 5.41) is 0.844. The molecule has 0 amide bonds. The van der Waals surface area contributed by atoms with Crippen molar-refractivity contribution in [2.45, 2.75) is 38.1 Å². The van der Waals surface area contributed by atoms with Crippen molar-refractivity contribution in [3.8, 4) is 11.5 Å². The Kier molecular flexibility index (Phi) is 8.37. The molecule has 0 aliphatic heterocycles. The van der Waals surface area contributed by atoms with Crippen LogP contribution in [0, 0.1) is 5.41 Å². The van der Waals surface area contributed by atoms with Gasteiger partial charge < -0.3 is 19.2 Å². The van der Waals surface area contributed by atoms with E-state index in [1.165, 1.54) is 24.3 Å². The molecular weight excluding hydrogens is 520 g/mol. The van der Waals surface area contributed by atoms with E-state index in [-0.39, 0.29) is 11.3 Å². The maximum Gasteiger partial charge on any atom is 0.327 e. The van der Waals surface area contributed by atoms with Crippen LogP contribution in [0.15, 0.2) is 90.0 Å². The number of aromatic amines is 1. The van der Waals surface area contributed by atoms with Gasteiger partial charge in [-0.3, -0.25) is 9.59 Å². The Labute approximate surface area is 227 Å². The fraction of sp³-hybridized carbons (Fsp3) is 0.241. The zero-order valence-corrected chi connectivity index (χ0v) is 22.7. The molecule has 0 saturated heterocycles. The van der Waals surface area contributed by atoms with E-state index in [1.807, 2.05) is 42.5 Å².